The van der Waals surface area contributed by atoms with Crippen LogP contribution in [-0.4, -0.2) is 64.3 Å². The number of H-pyrrole nitrogens is 1. The number of aromatic nitrogens is 4. The van der Waals surface area contributed by atoms with E-state index in [9.17, 15) is 4.79 Å². The molecule has 1 amide bonds. The van der Waals surface area contributed by atoms with E-state index in [0.717, 1.165) is 0 Å². The van der Waals surface area contributed by atoms with Crippen LogP contribution in [-0.2, 0) is 0 Å². The van der Waals surface area contributed by atoms with Gasteiger partial charge in [0.05, 0.1) is 7.11 Å². The Kier molecular flexibility index (Phi) is 4.88. The highest BCUT2D eigenvalue weighted by atomic mass is 19.1. The second-order valence-electron chi connectivity index (χ2n) is 6.34. The molecule has 1 N–H and O–H groups in total. The number of amides is 1. The van der Waals surface area contributed by atoms with Gasteiger partial charge in [-0.2, -0.15) is 5.10 Å². The van der Waals surface area contributed by atoms with Crippen molar-refractivity contribution in [2.24, 2.45) is 0 Å². The maximum atomic E-state index is 15.1. The summed E-state index contributed by atoms with van der Waals surface area (Å²) < 4.78 is 20.2. The number of nitrogens with zero attached hydrogens (tertiary/aromatic N) is 5. The van der Waals surface area contributed by atoms with Gasteiger partial charge >= 0.3 is 0 Å². The summed E-state index contributed by atoms with van der Waals surface area (Å²) in [6.07, 6.45) is 2.90. The molecular formula is C19H19FN6O2. The van der Waals surface area contributed by atoms with Crippen LogP contribution < -0.4 is 9.64 Å². The molecule has 0 radical (unpaired) electrons. The molecule has 3 aromatic rings. The molecule has 9 heteroatoms. The number of nitrogens with one attached hydrogen (secondary N) is 1. The fraction of sp³-hybridized carbons (Fsp3) is 0.263. The molecule has 1 aromatic carbocycles. The van der Waals surface area contributed by atoms with Gasteiger partial charge < -0.3 is 14.5 Å². The molecule has 0 bridgehead atoms. The highest BCUT2D eigenvalue weighted by Gasteiger charge is 2.26. The molecule has 1 fully saturated rings. The van der Waals surface area contributed by atoms with Crippen LogP contribution in [0.4, 0.5) is 10.2 Å². The Morgan fingerprint density at radius 1 is 1.11 bits per heavy atom. The Morgan fingerprint density at radius 3 is 2.50 bits per heavy atom. The van der Waals surface area contributed by atoms with E-state index in [1.54, 1.807) is 48.5 Å². The van der Waals surface area contributed by atoms with Crippen LogP contribution in [0.15, 0.2) is 42.9 Å². The molecule has 1 aliphatic heterocycles. The van der Waals surface area contributed by atoms with E-state index in [0.29, 0.717) is 43.2 Å². The molecule has 28 heavy (non-hydrogen) atoms. The lowest BCUT2D eigenvalue weighted by Gasteiger charge is -2.35. The Labute approximate surface area is 161 Å². The molecule has 0 saturated carbocycles. The van der Waals surface area contributed by atoms with Gasteiger partial charge in [0.25, 0.3) is 5.91 Å². The molecule has 0 unspecified atom stereocenters. The number of methoxy groups -OCH3 is 1. The van der Waals surface area contributed by atoms with Crippen molar-refractivity contribution in [1.82, 2.24) is 25.1 Å². The van der Waals surface area contributed by atoms with E-state index in [2.05, 4.69) is 20.2 Å². The van der Waals surface area contributed by atoms with E-state index >= 15 is 4.39 Å². The first kappa shape index (κ1) is 17.9. The molecule has 0 atom stereocenters. The summed E-state index contributed by atoms with van der Waals surface area (Å²) in [5.74, 6) is 0.353. The van der Waals surface area contributed by atoms with Crippen molar-refractivity contribution in [1.29, 1.82) is 0 Å². The van der Waals surface area contributed by atoms with Crippen LogP contribution in [0.25, 0.3) is 11.3 Å². The molecule has 0 aliphatic carbocycles. The lowest BCUT2D eigenvalue weighted by Crippen LogP contribution is -2.49. The maximum absolute atomic E-state index is 15.1. The van der Waals surface area contributed by atoms with Gasteiger partial charge in [-0.05, 0) is 30.3 Å². The first-order chi connectivity index (χ1) is 13.7. The number of carbonyl (C=O) groups is 1. The van der Waals surface area contributed by atoms with Gasteiger partial charge in [-0.15, -0.1) is 0 Å². The predicted molar refractivity (Wildman–Crippen MR) is 101 cm³/mol. The summed E-state index contributed by atoms with van der Waals surface area (Å²) in [4.78, 5) is 24.2. The zero-order valence-electron chi connectivity index (χ0n) is 15.3. The lowest BCUT2D eigenvalue weighted by atomic mass is 10.1. The number of ether oxygens (including phenoxy) is 1. The van der Waals surface area contributed by atoms with Crippen LogP contribution >= 0.6 is 0 Å². The van der Waals surface area contributed by atoms with Gasteiger partial charge in [-0.1, -0.05) is 0 Å². The third kappa shape index (κ3) is 3.38. The minimum atomic E-state index is -0.471. The highest BCUT2D eigenvalue weighted by molar-refractivity contribution is 5.92. The Hall–Kier alpha value is -3.49. The number of hydrogen-bond donors (Lipinski definition) is 1. The van der Waals surface area contributed by atoms with Crippen molar-refractivity contribution in [3.8, 4) is 17.0 Å². The van der Waals surface area contributed by atoms with Crippen molar-refractivity contribution in [2.75, 3.05) is 38.2 Å². The number of piperazine rings is 1. The second-order valence-corrected chi connectivity index (χ2v) is 6.34. The molecule has 8 nitrogen and oxygen atoms in total. The van der Waals surface area contributed by atoms with Crippen LogP contribution in [0.1, 0.15) is 10.5 Å². The molecule has 1 aliphatic rings. The number of hydrogen-bond acceptors (Lipinski definition) is 6. The summed E-state index contributed by atoms with van der Waals surface area (Å²) in [6.45, 7) is 1.91. The van der Waals surface area contributed by atoms with Gasteiger partial charge in [0, 0.05) is 37.9 Å². The first-order valence-corrected chi connectivity index (χ1v) is 8.86. The molecule has 144 valence electrons. The average Bonchev–Trinajstić information content (AvgIpc) is 3.29. The number of aromatic amines is 1. The first-order valence-electron chi connectivity index (χ1n) is 8.86. The van der Waals surface area contributed by atoms with Gasteiger partial charge in [0.15, 0.2) is 11.6 Å². The Bertz CT molecular complexity index is 953. The van der Waals surface area contributed by atoms with Crippen LogP contribution in [0.3, 0.4) is 0 Å². The fourth-order valence-corrected chi connectivity index (χ4v) is 3.20. The second kappa shape index (κ2) is 7.63. The standard InChI is InChI=1S/C19H19FN6O2/c1-28-14-4-2-13(3-5-14)17-16(20)18(22-12-21-17)25-8-10-26(11-9-25)19(27)15-6-7-23-24-15/h2-7,12H,8-11H2,1H3,(H,23,24). The van der Waals surface area contributed by atoms with Gasteiger partial charge in [-0.25, -0.2) is 14.4 Å². The summed E-state index contributed by atoms with van der Waals surface area (Å²) in [5, 5.41) is 6.48. The van der Waals surface area contributed by atoms with Crippen molar-refractivity contribution in [3.05, 3.63) is 54.4 Å². The normalized spacial score (nSPS) is 14.2. The van der Waals surface area contributed by atoms with Crippen molar-refractivity contribution in [3.63, 3.8) is 0 Å². The number of carbonyl (C=O) groups excluding carboxylic acids is 1. The third-order valence-electron chi connectivity index (χ3n) is 4.73. The van der Waals surface area contributed by atoms with E-state index in [1.807, 2.05) is 4.90 Å². The minimum absolute atomic E-state index is 0.112. The van der Waals surface area contributed by atoms with Gasteiger partial charge in [0.1, 0.15) is 23.5 Å². The summed E-state index contributed by atoms with van der Waals surface area (Å²) >= 11 is 0. The zero-order valence-corrected chi connectivity index (χ0v) is 15.3. The Balaban J connectivity index is 1.50. The summed E-state index contributed by atoms with van der Waals surface area (Å²) in [6, 6.07) is 8.68. The summed E-state index contributed by atoms with van der Waals surface area (Å²) in [7, 11) is 1.58. The topological polar surface area (TPSA) is 87.2 Å². The lowest BCUT2D eigenvalue weighted by molar-refractivity contribution is 0.0740. The molecule has 1 saturated heterocycles. The van der Waals surface area contributed by atoms with Crippen LogP contribution in [0.2, 0.25) is 0 Å². The van der Waals surface area contributed by atoms with Crippen LogP contribution in [0.5, 0.6) is 5.75 Å². The quantitative estimate of drug-likeness (QED) is 0.742. The van der Waals surface area contributed by atoms with Crippen LogP contribution in [0, 0.1) is 5.82 Å². The molecule has 2 aromatic heterocycles. The average molecular weight is 382 g/mol. The smallest absolute Gasteiger partial charge is 0.271 e. The number of halogens is 1. The maximum Gasteiger partial charge on any atom is 0.271 e. The highest BCUT2D eigenvalue weighted by Crippen LogP contribution is 2.28. The van der Waals surface area contributed by atoms with Crippen molar-refractivity contribution >= 4 is 11.7 Å². The van der Waals surface area contributed by atoms with Crippen molar-refractivity contribution < 1.29 is 13.9 Å². The molecule has 3 heterocycles. The van der Waals surface area contributed by atoms with E-state index in [4.69, 9.17) is 4.74 Å². The fourth-order valence-electron chi connectivity index (χ4n) is 3.20. The predicted octanol–water partition coefficient (Wildman–Crippen LogP) is 1.98. The number of rotatable bonds is 4. The Morgan fingerprint density at radius 2 is 1.86 bits per heavy atom. The third-order valence-corrected chi connectivity index (χ3v) is 4.73. The molecular weight excluding hydrogens is 363 g/mol. The number of anilines is 1. The van der Waals surface area contributed by atoms with E-state index < -0.39 is 5.82 Å². The molecule has 0 spiro atoms. The SMILES string of the molecule is COc1ccc(-c2ncnc(N3CCN(C(=O)c4ccn[nH]4)CC3)c2F)cc1. The number of benzene rings is 1. The van der Waals surface area contributed by atoms with Gasteiger partial charge in [-0.3, -0.25) is 9.89 Å². The monoisotopic (exact) mass is 382 g/mol. The van der Waals surface area contributed by atoms with Gasteiger partial charge in [0.2, 0.25) is 0 Å². The van der Waals surface area contributed by atoms with E-state index in [1.165, 1.54) is 6.33 Å². The largest absolute Gasteiger partial charge is 0.497 e. The van der Waals surface area contributed by atoms with E-state index in [-0.39, 0.29) is 17.4 Å². The molecule has 4 rings (SSSR count). The minimum Gasteiger partial charge on any atom is -0.497 e. The van der Waals surface area contributed by atoms with Crippen molar-refractivity contribution in [2.45, 2.75) is 0 Å². The zero-order chi connectivity index (χ0) is 19.5. The summed E-state index contributed by atoms with van der Waals surface area (Å²) in [5.41, 5.74) is 1.34.